The van der Waals surface area contributed by atoms with Gasteiger partial charge in [-0.1, -0.05) is 18.6 Å². The Morgan fingerprint density at radius 1 is 0.882 bits per heavy atom. The quantitative estimate of drug-likeness (QED) is 0.669. The number of anilines is 1. The average molecular weight is 464 g/mol. The molecule has 0 saturated carbocycles. The van der Waals surface area contributed by atoms with Crippen molar-refractivity contribution in [3.8, 4) is 22.6 Å². The zero-order chi connectivity index (χ0) is 24.1. The molecule has 1 unspecified atom stereocenters. The summed E-state index contributed by atoms with van der Waals surface area (Å²) < 4.78 is 12.5. The molecule has 3 aliphatic rings. The fourth-order valence-electron chi connectivity index (χ4n) is 6.68. The molecule has 3 aliphatic heterocycles. The van der Waals surface area contributed by atoms with Crippen LogP contribution in [0, 0.1) is 13.8 Å². The highest BCUT2D eigenvalue weighted by molar-refractivity contribution is 5.86. The van der Waals surface area contributed by atoms with Crippen molar-refractivity contribution in [1.82, 2.24) is 10.2 Å². The number of benzene rings is 2. The van der Waals surface area contributed by atoms with Gasteiger partial charge in [0.1, 0.15) is 17.1 Å². The van der Waals surface area contributed by atoms with Crippen molar-refractivity contribution in [2.24, 2.45) is 0 Å². The van der Waals surface area contributed by atoms with E-state index >= 15 is 0 Å². The molecule has 184 valence electrons. The predicted molar refractivity (Wildman–Crippen MR) is 140 cm³/mol. The second-order valence-electron chi connectivity index (χ2n) is 10.9. The number of nitrogens with one attached hydrogen (secondary N) is 1. The molecule has 5 nitrogen and oxygen atoms in total. The van der Waals surface area contributed by atoms with Gasteiger partial charge in [-0.2, -0.15) is 0 Å². The standard InChI is InChI=1S/C29H41N3O2/c1-20-24(22-10-12-23(33-6)13-11-22)27-25(21(2)26(20)31-18-14-30-15-19-31)29(5,28(3,4)34-27)32-16-8-7-9-17-32/h10-13,30H,7-9,14-19H2,1-6H3. The number of piperazine rings is 1. The molecule has 34 heavy (non-hydrogen) atoms. The van der Waals surface area contributed by atoms with Gasteiger partial charge in [-0.3, -0.25) is 4.90 Å². The lowest BCUT2D eigenvalue weighted by Gasteiger charge is -2.48. The number of methoxy groups -OCH3 is 1. The van der Waals surface area contributed by atoms with Gasteiger partial charge in [0, 0.05) is 43.0 Å². The molecule has 0 spiro atoms. The summed E-state index contributed by atoms with van der Waals surface area (Å²) in [6.45, 7) is 18.0. The van der Waals surface area contributed by atoms with E-state index in [1.165, 1.54) is 52.8 Å². The number of fused-ring (bicyclic) bond motifs is 1. The molecule has 5 heteroatoms. The molecule has 1 atom stereocenters. The van der Waals surface area contributed by atoms with E-state index in [-0.39, 0.29) is 11.1 Å². The fraction of sp³-hybridized carbons (Fsp3) is 0.586. The molecule has 3 heterocycles. The normalized spacial score (nSPS) is 24.6. The van der Waals surface area contributed by atoms with Crippen LogP contribution in [0.15, 0.2) is 24.3 Å². The topological polar surface area (TPSA) is 37.0 Å². The van der Waals surface area contributed by atoms with Crippen molar-refractivity contribution in [3.05, 3.63) is 41.0 Å². The van der Waals surface area contributed by atoms with E-state index in [2.05, 4.69) is 74.0 Å². The number of rotatable bonds is 4. The van der Waals surface area contributed by atoms with Crippen LogP contribution >= 0.6 is 0 Å². The van der Waals surface area contributed by atoms with Crippen LogP contribution in [0.5, 0.6) is 11.5 Å². The maximum atomic E-state index is 7.01. The Labute approximate surface area is 205 Å². The second kappa shape index (κ2) is 8.76. The average Bonchev–Trinajstić information content (AvgIpc) is 3.07. The molecule has 2 aromatic carbocycles. The summed E-state index contributed by atoms with van der Waals surface area (Å²) in [6.07, 6.45) is 3.86. The summed E-state index contributed by atoms with van der Waals surface area (Å²) in [7, 11) is 1.72. The summed E-state index contributed by atoms with van der Waals surface area (Å²) in [5, 5.41) is 3.53. The minimum atomic E-state index is -0.326. The number of piperidine rings is 1. The smallest absolute Gasteiger partial charge is 0.133 e. The van der Waals surface area contributed by atoms with Gasteiger partial charge in [0.25, 0.3) is 0 Å². The molecule has 2 aromatic rings. The molecule has 0 amide bonds. The van der Waals surface area contributed by atoms with E-state index in [9.17, 15) is 0 Å². The first-order valence-corrected chi connectivity index (χ1v) is 13.0. The zero-order valence-corrected chi connectivity index (χ0v) is 21.9. The number of likely N-dealkylation sites (tertiary alicyclic amines) is 1. The van der Waals surface area contributed by atoms with E-state index in [0.717, 1.165) is 50.8 Å². The first-order valence-electron chi connectivity index (χ1n) is 13.0. The third kappa shape index (κ3) is 3.51. The first-order chi connectivity index (χ1) is 16.3. The lowest BCUT2D eigenvalue weighted by atomic mass is 9.74. The summed E-state index contributed by atoms with van der Waals surface area (Å²) >= 11 is 0. The third-order valence-electron chi connectivity index (χ3n) is 8.73. The summed E-state index contributed by atoms with van der Waals surface area (Å²) in [6, 6.07) is 8.50. The molecule has 1 N–H and O–H groups in total. The fourth-order valence-corrected chi connectivity index (χ4v) is 6.68. The number of hydrogen-bond acceptors (Lipinski definition) is 5. The molecular weight excluding hydrogens is 422 g/mol. The Balaban J connectivity index is 1.78. The molecule has 0 radical (unpaired) electrons. The SMILES string of the molecule is COc1ccc(-c2c(C)c(N3CCNCC3)c(C)c3c2OC(C)(C)C3(C)N2CCCCC2)cc1. The van der Waals surface area contributed by atoms with Gasteiger partial charge >= 0.3 is 0 Å². The van der Waals surface area contributed by atoms with E-state index < -0.39 is 0 Å². The molecule has 0 aliphatic carbocycles. The predicted octanol–water partition coefficient (Wildman–Crippen LogP) is 5.26. The molecule has 0 bridgehead atoms. The maximum Gasteiger partial charge on any atom is 0.133 e. The number of ether oxygens (including phenoxy) is 2. The highest BCUT2D eigenvalue weighted by atomic mass is 16.5. The van der Waals surface area contributed by atoms with E-state index in [0.29, 0.717) is 0 Å². The van der Waals surface area contributed by atoms with Gasteiger partial charge in [-0.25, -0.2) is 0 Å². The van der Waals surface area contributed by atoms with Crippen LogP contribution in [-0.2, 0) is 5.54 Å². The van der Waals surface area contributed by atoms with Gasteiger partial charge in [0.15, 0.2) is 0 Å². The van der Waals surface area contributed by atoms with Crippen molar-refractivity contribution in [2.75, 3.05) is 51.3 Å². The summed E-state index contributed by atoms with van der Waals surface area (Å²) in [4.78, 5) is 5.31. The Bertz CT molecular complexity index is 1050. The van der Waals surface area contributed by atoms with Crippen molar-refractivity contribution in [1.29, 1.82) is 0 Å². The van der Waals surface area contributed by atoms with E-state index in [1.807, 2.05) is 0 Å². The lowest BCUT2D eigenvalue weighted by Crippen LogP contribution is -2.58. The van der Waals surface area contributed by atoms with E-state index in [1.54, 1.807) is 7.11 Å². The third-order valence-corrected chi connectivity index (χ3v) is 8.73. The lowest BCUT2D eigenvalue weighted by molar-refractivity contribution is -0.0493. The largest absolute Gasteiger partial charge is 0.497 e. The summed E-state index contributed by atoms with van der Waals surface area (Å²) in [5.41, 5.74) is 7.44. The molecule has 5 rings (SSSR count). The second-order valence-corrected chi connectivity index (χ2v) is 10.9. The van der Waals surface area contributed by atoms with Crippen molar-refractivity contribution >= 4 is 5.69 Å². The van der Waals surface area contributed by atoms with Crippen molar-refractivity contribution in [3.63, 3.8) is 0 Å². The van der Waals surface area contributed by atoms with Crippen molar-refractivity contribution < 1.29 is 9.47 Å². The number of hydrogen-bond donors (Lipinski definition) is 1. The van der Waals surface area contributed by atoms with Gasteiger partial charge in [-0.15, -0.1) is 0 Å². The highest BCUT2D eigenvalue weighted by Gasteiger charge is 2.57. The Morgan fingerprint density at radius 2 is 1.53 bits per heavy atom. The Kier molecular flexibility index (Phi) is 6.06. The van der Waals surface area contributed by atoms with Gasteiger partial charge in [0.2, 0.25) is 0 Å². The van der Waals surface area contributed by atoms with Gasteiger partial charge in [0.05, 0.1) is 12.6 Å². The molecule has 2 saturated heterocycles. The zero-order valence-electron chi connectivity index (χ0n) is 21.9. The summed E-state index contributed by atoms with van der Waals surface area (Å²) in [5.74, 6) is 1.96. The van der Waals surface area contributed by atoms with Gasteiger partial charge < -0.3 is 19.7 Å². The highest BCUT2D eigenvalue weighted by Crippen LogP contribution is 2.59. The van der Waals surface area contributed by atoms with Crippen molar-refractivity contribution in [2.45, 2.75) is 65.0 Å². The minimum Gasteiger partial charge on any atom is -0.497 e. The van der Waals surface area contributed by atoms with Crippen LogP contribution in [-0.4, -0.2) is 56.9 Å². The van der Waals surface area contributed by atoms with Crippen LogP contribution in [0.2, 0.25) is 0 Å². The Morgan fingerprint density at radius 3 is 2.15 bits per heavy atom. The minimum absolute atomic E-state index is 0.176. The van der Waals surface area contributed by atoms with Crippen LogP contribution in [0.1, 0.15) is 56.7 Å². The monoisotopic (exact) mass is 463 g/mol. The van der Waals surface area contributed by atoms with E-state index in [4.69, 9.17) is 9.47 Å². The molecule has 0 aromatic heterocycles. The molecular formula is C29H41N3O2. The van der Waals surface area contributed by atoms with Crippen LogP contribution in [0.3, 0.4) is 0 Å². The van der Waals surface area contributed by atoms with Gasteiger partial charge in [-0.05, 0) is 89.4 Å². The maximum absolute atomic E-state index is 7.01. The first kappa shape index (κ1) is 23.5. The van der Waals surface area contributed by atoms with Crippen LogP contribution in [0.25, 0.3) is 11.1 Å². The van der Waals surface area contributed by atoms with Crippen LogP contribution < -0.4 is 19.7 Å². The van der Waals surface area contributed by atoms with Crippen LogP contribution in [0.4, 0.5) is 5.69 Å². The Hall–Kier alpha value is -2.24. The molecule has 2 fully saturated rings. The number of nitrogens with zero attached hydrogens (tertiary/aromatic N) is 2.